The highest BCUT2D eigenvalue weighted by atomic mass is 32.2. The molecule has 0 unspecified atom stereocenters. The highest BCUT2D eigenvalue weighted by Gasteiger charge is 2.13. The van der Waals surface area contributed by atoms with Crippen molar-refractivity contribution in [1.29, 1.82) is 0 Å². The van der Waals surface area contributed by atoms with Crippen molar-refractivity contribution in [2.24, 2.45) is 0 Å². The average Bonchev–Trinajstić information content (AvgIpc) is 3.08. The molecule has 0 N–H and O–H groups in total. The summed E-state index contributed by atoms with van der Waals surface area (Å²) in [5, 5.41) is 9.54. The fraction of sp³-hybridized carbons (Fsp3) is 0.273. The number of thioether (sulfide) groups is 1. The van der Waals surface area contributed by atoms with E-state index in [4.69, 9.17) is 9.47 Å². The molecule has 3 aromatic rings. The van der Waals surface area contributed by atoms with Gasteiger partial charge in [0.05, 0.1) is 7.11 Å². The van der Waals surface area contributed by atoms with E-state index < -0.39 is 0 Å². The zero-order valence-electron chi connectivity index (χ0n) is 16.5. The van der Waals surface area contributed by atoms with E-state index in [1.807, 2.05) is 47.9 Å². The minimum Gasteiger partial charge on any atom is -0.497 e. The minimum atomic E-state index is 0.366. The van der Waals surface area contributed by atoms with Gasteiger partial charge in [0.1, 0.15) is 18.1 Å². The predicted molar refractivity (Wildman–Crippen MR) is 113 cm³/mol. The van der Waals surface area contributed by atoms with Crippen molar-refractivity contribution >= 4 is 11.8 Å². The van der Waals surface area contributed by atoms with Crippen molar-refractivity contribution in [3.05, 3.63) is 77.6 Å². The Balaban J connectivity index is 1.70. The van der Waals surface area contributed by atoms with Crippen LogP contribution in [0.5, 0.6) is 11.5 Å². The van der Waals surface area contributed by atoms with Gasteiger partial charge in [0.15, 0.2) is 11.0 Å². The molecule has 0 aliphatic rings. The van der Waals surface area contributed by atoms with Crippen molar-refractivity contribution in [3.8, 4) is 11.5 Å². The van der Waals surface area contributed by atoms with Crippen molar-refractivity contribution in [2.45, 2.75) is 37.9 Å². The first-order valence-corrected chi connectivity index (χ1v) is 10.1. The Labute approximate surface area is 170 Å². The molecule has 0 bridgehead atoms. The van der Waals surface area contributed by atoms with E-state index in [0.29, 0.717) is 13.2 Å². The van der Waals surface area contributed by atoms with Crippen molar-refractivity contribution < 1.29 is 9.47 Å². The van der Waals surface area contributed by atoms with Crippen molar-refractivity contribution in [2.75, 3.05) is 7.11 Å². The van der Waals surface area contributed by atoms with E-state index in [9.17, 15) is 0 Å². The normalized spacial score (nSPS) is 10.7. The molecule has 0 amide bonds. The molecule has 1 aromatic heterocycles. The van der Waals surface area contributed by atoms with Crippen LogP contribution >= 0.6 is 11.8 Å². The molecule has 1 heterocycles. The number of hydrogen-bond donors (Lipinski definition) is 0. The van der Waals surface area contributed by atoms with Gasteiger partial charge < -0.3 is 9.47 Å². The van der Waals surface area contributed by atoms with Crippen LogP contribution in [-0.2, 0) is 18.9 Å². The Morgan fingerprint density at radius 2 is 2.00 bits per heavy atom. The lowest BCUT2D eigenvalue weighted by molar-refractivity contribution is 0.287. The highest BCUT2D eigenvalue weighted by molar-refractivity contribution is 7.98. The van der Waals surface area contributed by atoms with Gasteiger partial charge in [0, 0.05) is 12.3 Å². The summed E-state index contributed by atoms with van der Waals surface area (Å²) in [6.07, 6.45) is 1.85. The van der Waals surface area contributed by atoms with Gasteiger partial charge in [-0.2, -0.15) is 0 Å². The molecule has 0 saturated heterocycles. The van der Waals surface area contributed by atoms with Gasteiger partial charge in [-0.3, -0.25) is 4.57 Å². The molecule has 0 aliphatic heterocycles. The quantitative estimate of drug-likeness (QED) is 0.378. The molecule has 0 atom stereocenters. The van der Waals surface area contributed by atoms with Gasteiger partial charge in [-0.1, -0.05) is 47.7 Å². The lowest BCUT2D eigenvalue weighted by Gasteiger charge is -2.11. The van der Waals surface area contributed by atoms with E-state index >= 15 is 0 Å². The fourth-order valence-electron chi connectivity index (χ4n) is 2.86. The van der Waals surface area contributed by atoms with Crippen LogP contribution in [0.4, 0.5) is 0 Å². The molecule has 0 aliphatic carbocycles. The average molecular weight is 396 g/mol. The van der Waals surface area contributed by atoms with Crippen molar-refractivity contribution in [3.63, 3.8) is 0 Å². The Morgan fingerprint density at radius 1 is 1.14 bits per heavy atom. The number of methoxy groups -OCH3 is 1. The van der Waals surface area contributed by atoms with Crippen LogP contribution in [0.2, 0.25) is 0 Å². The van der Waals surface area contributed by atoms with Gasteiger partial charge in [-0.15, -0.1) is 16.8 Å². The number of benzene rings is 2. The standard InChI is InChI=1S/C22H25N3O2S/c1-5-11-25-21(14-27-20-10-9-16(2)12-17(20)3)23-24-22(25)28-15-18-7-6-8-19(13-18)26-4/h5-10,12-13H,1,11,14-15H2,2-4H3. The van der Waals surface area contributed by atoms with Gasteiger partial charge in [-0.25, -0.2) is 0 Å². The molecule has 0 spiro atoms. The van der Waals surface area contributed by atoms with Crippen LogP contribution in [0.25, 0.3) is 0 Å². The van der Waals surface area contributed by atoms with Crippen LogP contribution in [0, 0.1) is 13.8 Å². The second-order valence-electron chi connectivity index (χ2n) is 6.50. The summed E-state index contributed by atoms with van der Waals surface area (Å²) < 4.78 is 13.3. The molecule has 0 saturated carbocycles. The number of allylic oxidation sites excluding steroid dienone is 1. The van der Waals surface area contributed by atoms with Gasteiger partial charge >= 0.3 is 0 Å². The van der Waals surface area contributed by atoms with E-state index in [-0.39, 0.29) is 0 Å². The number of aryl methyl sites for hydroxylation is 2. The summed E-state index contributed by atoms with van der Waals surface area (Å²) in [5.41, 5.74) is 3.50. The third-order valence-electron chi connectivity index (χ3n) is 4.29. The summed E-state index contributed by atoms with van der Waals surface area (Å²) >= 11 is 1.64. The molecule has 0 radical (unpaired) electrons. The third-order valence-corrected chi connectivity index (χ3v) is 5.33. The van der Waals surface area contributed by atoms with Crippen LogP contribution in [0.1, 0.15) is 22.5 Å². The van der Waals surface area contributed by atoms with Gasteiger partial charge in [-0.05, 0) is 43.2 Å². The smallest absolute Gasteiger partial charge is 0.191 e. The summed E-state index contributed by atoms with van der Waals surface area (Å²) in [4.78, 5) is 0. The predicted octanol–water partition coefficient (Wildman–Crippen LogP) is 4.96. The monoisotopic (exact) mass is 395 g/mol. The number of hydrogen-bond acceptors (Lipinski definition) is 5. The second-order valence-corrected chi connectivity index (χ2v) is 7.44. The molecule has 146 valence electrons. The maximum atomic E-state index is 5.99. The first kappa shape index (κ1) is 20.0. The molecule has 5 nitrogen and oxygen atoms in total. The zero-order chi connectivity index (χ0) is 19.9. The summed E-state index contributed by atoms with van der Waals surface area (Å²) in [6.45, 7) is 8.98. The largest absolute Gasteiger partial charge is 0.497 e. The first-order chi connectivity index (χ1) is 13.6. The Hall–Kier alpha value is -2.73. The van der Waals surface area contributed by atoms with Crippen LogP contribution < -0.4 is 9.47 Å². The minimum absolute atomic E-state index is 0.366. The lowest BCUT2D eigenvalue weighted by atomic mass is 10.1. The molecular weight excluding hydrogens is 370 g/mol. The van der Waals surface area contributed by atoms with E-state index in [1.165, 1.54) is 11.1 Å². The molecule has 6 heteroatoms. The second kappa shape index (κ2) is 9.46. The highest BCUT2D eigenvalue weighted by Crippen LogP contribution is 2.25. The Bertz CT molecular complexity index is 953. The molecular formula is C22H25N3O2S. The van der Waals surface area contributed by atoms with E-state index in [1.54, 1.807) is 18.9 Å². The molecule has 2 aromatic carbocycles. The SMILES string of the molecule is C=CCn1c(COc2ccc(C)cc2C)nnc1SCc1cccc(OC)c1. The number of aromatic nitrogens is 3. The first-order valence-electron chi connectivity index (χ1n) is 9.09. The Morgan fingerprint density at radius 3 is 2.75 bits per heavy atom. The van der Waals surface area contributed by atoms with Crippen LogP contribution in [0.3, 0.4) is 0 Å². The number of rotatable bonds is 9. The Kier molecular flexibility index (Phi) is 6.76. The third kappa shape index (κ3) is 4.95. The topological polar surface area (TPSA) is 49.2 Å². The fourth-order valence-corrected chi connectivity index (χ4v) is 3.77. The summed E-state index contributed by atoms with van der Waals surface area (Å²) in [7, 11) is 1.68. The lowest BCUT2D eigenvalue weighted by Crippen LogP contribution is -2.08. The maximum absolute atomic E-state index is 5.99. The van der Waals surface area contributed by atoms with Gasteiger partial charge in [0.2, 0.25) is 0 Å². The van der Waals surface area contributed by atoms with E-state index in [2.05, 4.69) is 35.8 Å². The number of nitrogens with zero attached hydrogens (tertiary/aromatic N) is 3. The molecule has 28 heavy (non-hydrogen) atoms. The zero-order valence-corrected chi connectivity index (χ0v) is 17.3. The summed E-state index contributed by atoms with van der Waals surface area (Å²) in [5.74, 6) is 3.29. The summed E-state index contributed by atoms with van der Waals surface area (Å²) in [6, 6.07) is 14.2. The molecule has 0 fully saturated rings. The van der Waals surface area contributed by atoms with E-state index in [0.717, 1.165) is 33.8 Å². The van der Waals surface area contributed by atoms with Crippen LogP contribution in [0.15, 0.2) is 60.3 Å². The maximum Gasteiger partial charge on any atom is 0.191 e. The van der Waals surface area contributed by atoms with Crippen LogP contribution in [-0.4, -0.2) is 21.9 Å². The van der Waals surface area contributed by atoms with Gasteiger partial charge in [0.25, 0.3) is 0 Å². The van der Waals surface area contributed by atoms with Crippen molar-refractivity contribution in [1.82, 2.24) is 14.8 Å². The number of ether oxygens (including phenoxy) is 2. The molecule has 3 rings (SSSR count).